The van der Waals surface area contributed by atoms with Crippen LogP contribution in [0.2, 0.25) is 0 Å². The van der Waals surface area contributed by atoms with E-state index in [4.69, 9.17) is 15.2 Å². The van der Waals surface area contributed by atoms with Crippen molar-refractivity contribution in [2.45, 2.75) is 9.79 Å². The maximum atomic E-state index is 11.4. The smallest absolute Gasteiger partial charge is 0.249 e. The SMILES string of the molecule is COc1ccc(Sc2ccccc2C(N)=O)cc1OC. The molecule has 0 spiro atoms. The quantitative estimate of drug-likeness (QED) is 0.919. The lowest BCUT2D eigenvalue weighted by Crippen LogP contribution is -2.11. The molecule has 0 aliphatic rings. The van der Waals surface area contributed by atoms with E-state index in [9.17, 15) is 4.79 Å². The average molecular weight is 289 g/mol. The van der Waals surface area contributed by atoms with Crippen molar-refractivity contribution in [3.63, 3.8) is 0 Å². The lowest BCUT2D eigenvalue weighted by molar-refractivity contribution is 0.0997. The van der Waals surface area contributed by atoms with Crippen LogP contribution in [0.4, 0.5) is 0 Å². The normalized spacial score (nSPS) is 10.1. The lowest BCUT2D eigenvalue weighted by atomic mass is 10.2. The van der Waals surface area contributed by atoms with Crippen molar-refractivity contribution < 1.29 is 14.3 Å². The predicted octanol–water partition coefficient (Wildman–Crippen LogP) is 2.95. The maximum Gasteiger partial charge on any atom is 0.249 e. The molecule has 0 aliphatic heterocycles. The van der Waals surface area contributed by atoms with Gasteiger partial charge >= 0.3 is 0 Å². The van der Waals surface area contributed by atoms with Crippen LogP contribution in [-0.2, 0) is 0 Å². The molecule has 2 N–H and O–H groups in total. The van der Waals surface area contributed by atoms with Crippen molar-refractivity contribution in [3.8, 4) is 11.5 Å². The van der Waals surface area contributed by atoms with Crippen LogP contribution in [-0.4, -0.2) is 20.1 Å². The molecule has 2 aromatic rings. The number of amides is 1. The van der Waals surface area contributed by atoms with Crippen LogP contribution in [0.1, 0.15) is 10.4 Å². The fourth-order valence-corrected chi connectivity index (χ4v) is 2.75. The van der Waals surface area contributed by atoms with Gasteiger partial charge < -0.3 is 15.2 Å². The number of ether oxygens (including phenoxy) is 2. The van der Waals surface area contributed by atoms with Crippen molar-refractivity contribution >= 4 is 17.7 Å². The van der Waals surface area contributed by atoms with E-state index in [1.807, 2.05) is 30.3 Å². The minimum atomic E-state index is -0.437. The summed E-state index contributed by atoms with van der Waals surface area (Å²) >= 11 is 1.45. The van der Waals surface area contributed by atoms with Gasteiger partial charge in [-0.05, 0) is 30.3 Å². The zero-order valence-electron chi connectivity index (χ0n) is 11.3. The summed E-state index contributed by atoms with van der Waals surface area (Å²) in [6.45, 7) is 0. The molecule has 0 saturated carbocycles. The second-order valence-corrected chi connectivity index (χ2v) is 5.09. The highest BCUT2D eigenvalue weighted by atomic mass is 32.2. The Hall–Kier alpha value is -2.14. The second kappa shape index (κ2) is 6.34. The summed E-state index contributed by atoms with van der Waals surface area (Å²) in [6, 6.07) is 12.8. The molecule has 0 radical (unpaired) electrons. The number of benzene rings is 2. The fraction of sp³-hybridized carbons (Fsp3) is 0.133. The molecule has 0 aromatic heterocycles. The first kappa shape index (κ1) is 14.3. The number of methoxy groups -OCH3 is 2. The van der Waals surface area contributed by atoms with Gasteiger partial charge in [0, 0.05) is 9.79 Å². The topological polar surface area (TPSA) is 61.5 Å². The van der Waals surface area contributed by atoms with Crippen molar-refractivity contribution in [2.24, 2.45) is 5.73 Å². The third-order valence-electron chi connectivity index (χ3n) is 2.74. The van der Waals surface area contributed by atoms with Crippen LogP contribution in [0, 0.1) is 0 Å². The lowest BCUT2D eigenvalue weighted by Gasteiger charge is -2.10. The zero-order chi connectivity index (χ0) is 14.5. The molecule has 0 unspecified atom stereocenters. The summed E-state index contributed by atoms with van der Waals surface area (Å²) in [5.74, 6) is 0.877. The molecule has 0 fully saturated rings. The minimum Gasteiger partial charge on any atom is -0.493 e. The first-order valence-corrected chi connectivity index (χ1v) is 6.76. The monoisotopic (exact) mass is 289 g/mol. The van der Waals surface area contributed by atoms with E-state index in [1.165, 1.54) is 11.8 Å². The summed E-state index contributed by atoms with van der Waals surface area (Å²) in [5.41, 5.74) is 5.88. The summed E-state index contributed by atoms with van der Waals surface area (Å²) in [6.07, 6.45) is 0. The molecule has 20 heavy (non-hydrogen) atoms. The number of primary amides is 1. The third kappa shape index (κ3) is 3.05. The van der Waals surface area contributed by atoms with Gasteiger partial charge in [-0.25, -0.2) is 0 Å². The predicted molar refractivity (Wildman–Crippen MR) is 78.6 cm³/mol. The minimum absolute atomic E-state index is 0.437. The van der Waals surface area contributed by atoms with E-state index in [0.717, 1.165) is 9.79 Å². The van der Waals surface area contributed by atoms with Gasteiger partial charge in [-0.15, -0.1) is 0 Å². The van der Waals surface area contributed by atoms with E-state index in [0.29, 0.717) is 17.1 Å². The molecule has 0 atom stereocenters. The van der Waals surface area contributed by atoms with E-state index in [-0.39, 0.29) is 0 Å². The van der Waals surface area contributed by atoms with Gasteiger partial charge in [0.1, 0.15) is 0 Å². The van der Waals surface area contributed by atoms with E-state index in [2.05, 4.69) is 0 Å². The van der Waals surface area contributed by atoms with Crippen LogP contribution in [0.15, 0.2) is 52.3 Å². The molecule has 4 nitrogen and oxygen atoms in total. The second-order valence-electron chi connectivity index (χ2n) is 3.98. The van der Waals surface area contributed by atoms with Crippen LogP contribution in [0.25, 0.3) is 0 Å². The van der Waals surface area contributed by atoms with E-state index in [1.54, 1.807) is 26.4 Å². The Balaban J connectivity index is 2.33. The molecule has 5 heteroatoms. The van der Waals surface area contributed by atoms with Crippen molar-refractivity contribution in [2.75, 3.05) is 14.2 Å². The molecule has 2 rings (SSSR count). The Labute approximate surface area is 121 Å². The van der Waals surface area contributed by atoms with Gasteiger partial charge in [0.05, 0.1) is 19.8 Å². The van der Waals surface area contributed by atoms with Crippen LogP contribution >= 0.6 is 11.8 Å². The van der Waals surface area contributed by atoms with Gasteiger partial charge in [0.25, 0.3) is 0 Å². The highest BCUT2D eigenvalue weighted by molar-refractivity contribution is 7.99. The molecule has 1 amide bonds. The first-order valence-electron chi connectivity index (χ1n) is 5.94. The summed E-state index contributed by atoms with van der Waals surface area (Å²) in [7, 11) is 3.18. The number of hydrogen-bond acceptors (Lipinski definition) is 4. The average Bonchev–Trinajstić information content (AvgIpc) is 2.47. The highest BCUT2D eigenvalue weighted by Crippen LogP contribution is 2.36. The largest absolute Gasteiger partial charge is 0.493 e. The summed E-state index contributed by atoms with van der Waals surface area (Å²) < 4.78 is 10.5. The highest BCUT2D eigenvalue weighted by Gasteiger charge is 2.10. The van der Waals surface area contributed by atoms with Crippen molar-refractivity contribution in [3.05, 3.63) is 48.0 Å². The van der Waals surface area contributed by atoms with Gasteiger partial charge in [0.2, 0.25) is 5.91 Å². The maximum absolute atomic E-state index is 11.4. The molecular weight excluding hydrogens is 274 g/mol. The molecule has 0 saturated heterocycles. The van der Waals surface area contributed by atoms with Gasteiger partial charge in [-0.1, -0.05) is 23.9 Å². The molecule has 0 aliphatic carbocycles. The Kier molecular flexibility index (Phi) is 4.53. The molecule has 104 valence electrons. The first-order chi connectivity index (χ1) is 9.65. The van der Waals surface area contributed by atoms with Gasteiger partial charge in [0.15, 0.2) is 11.5 Å². The number of nitrogens with two attached hydrogens (primary N) is 1. The molecule has 0 heterocycles. The fourth-order valence-electron chi connectivity index (χ4n) is 1.77. The van der Waals surface area contributed by atoms with Crippen LogP contribution in [0.3, 0.4) is 0 Å². The summed E-state index contributed by atoms with van der Waals surface area (Å²) in [4.78, 5) is 13.2. The number of carbonyl (C=O) groups excluding carboxylic acids is 1. The number of rotatable bonds is 5. The Morgan fingerprint density at radius 2 is 1.75 bits per heavy atom. The van der Waals surface area contributed by atoms with Gasteiger partial charge in [-0.3, -0.25) is 4.79 Å². The third-order valence-corrected chi connectivity index (χ3v) is 3.80. The Morgan fingerprint density at radius 3 is 2.40 bits per heavy atom. The zero-order valence-corrected chi connectivity index (χ0v) is 12.1. The van der Waals surface area contributed by atoms with E-state index < -0.39 is 5.91 Å². The molecule has 0 bridgehead atoms. The Bertz CT molecular complexity index is 628. The van der Waals surface area contributed by atoms with E-state index >= 15 is 0 Å². The summed E-state index contributed by atoms with van der Waals surface area (Å²) in [5, 5.41) is 0. The van der Waals surface area contributed by atoms with Crippen molar-refractivity contribution in [1.29, 1.82) is 0 Å². The van der Waals surface area contributed by atoms with Crippen LogP contribution < -0.4 is 15.2 Å². The van der Waals surface area contributed by atoms with Crippen molar-refractivity contribution in [1.82, 2.24) is 0 Å². The number of carbonyl (C=O) groups is 1. The van der Waals surface area contributed by atoms with Gasteiger partial charge in [-0.2, -0.15) is 0 Å². The number of hydrogen-bond donors (Lipinski definition) is 1. The molecular formula is C15H15NO3S. The Morgan fingerprint density at radius 1 is 1.05 bits per heavy atom. The standard InChI is InChI=1S/C15H15NO3S/c1-18-12-8-7-10(9-13(12)19-2)20-14-6-4-3-5-11(14)15(16)17/h3-9H,1-2H3,(H2,16,17). The molecule has 2 aromatic carbocycles. The van der Waals surface area contributed by atoms with Crippen LogP contribution in [0.5, 0.6) is 11.5 Å².